The normalized spacial score (nSPS) is 12.8. The predicted octanol–water partition coefficient (Wildman–Crippen LogP) is 6.99. The molecule has 2 N–H and O–H groups in total. The van der Waals surface area contributed by atoms with E-state index in [4.69, 9.17) is 0 Å². The number of allylic oxidation sites excluding steroid dienone is 1. The van der Waals surface area contributed by atoms with Crippen LogP contribution < -0.4 is 5.32 Å². The van der Waals surface area contributed by atoms with Crippen LogP contribution in [0.3, 0.4) is 0 Å². The first-order chi connectivity index (χ1) is 17.4. The lowest BCUT2D eigenvalue weighted by Crippen LogP contribution is -2.01. The Hall–Kier alpha value is -4.56. The Morgan fingerprint density at radius 2 is 1.58 bits per heavy atom. The lowest BCUT2D eigenvalue weighted by Gasteiger charge is -2.12. The second kappa shape index (κ2) is 9.59. The minimum Gasteiger partial charge on any atom is -0.506 e. The number of aromatic hydroxyl groups is 1. The fourth-order valence-corrected chi connectivity index (χ4v) is 4.48. The minimum atomic E-state index is -0.535. The van der Waals surface area contributed by atoms with Gasteiger partial charge in [-0.3, -0.25) is 19.9 Å². The highest BCUT2D eigenvalue weighted by Gasteiger charge is 2.30. The molecule has 1 aliphatic rings. The third-order valence-corrected chi connectivity index (χ3v) is 6.36. The van der Waals surface area contributed by atoms with Gasteiger partial charge in [-0.2, -0.15) is 0 Å². The number of nitro benzene ring substituents is 1. The monoisotopic (exact) mass is 539 g/mol. The fraction of sp³-hybridized carbons (Fsp3) is 0. The van der Waals surface area contributed by atoms with Gasteiger partial charge in [0.1, 0.15) is 5.75 Å². The van der Waals surface area contributed by atoms with Gasteiger partial charge >= 0.3 is 0 Å². The zero-order chi connectivity index (χ0) is 25.2. The molecule has 0 saturated carbocycles. The highest BCUT2D eigenvalue weighted by Crippen LogP contribution is 2.39. The van der Waals surface area contributed by atoms with Crippen molar-refractivity contribution in [3.05, 3.63) is 128 Å². The molecule has 5 rings (SSSR count). The number of anilines is 1. The van der Waals surface area contributed by atoms with Crippen LogP contribution >= 0.6 is 15.9 Å². The van der Waals surface area contributed by atoms with E-state index >= 15 is 0 Å². The molecule has 0 aromatic heterocycles. The summed E-state index contributed by atoms with van der Waals surface area (Å²) in [5, 5.41) is 24.7. The molecule has 0 fully saturated rings. The average molecular weight is 540 g/mol. The number of hydrogen-bond acceptors (Lipinski definition) is 6. The summed E-state index contributed by atoms with van der Waals surface area (Å²) >= 11 is 3.13. The summed E-state index contributed by atoms with van der Waals surface area (Å²) in [5.41, 5.74) is 5.11. The van der Waals surface area contributed by atoms with E-state index in [0.29, 0.717) is 16.8 Å². The van der Waals surface area contributed by atoms with Gasteiger partial charge in [0.25, 0.3) is 5.69 Å². The second-order valence-corrected chi connectivity index (χ2v) is 8.90. The third-order valence-electron chi connectivity index (χ3n) is 5.76. The van der Waals surface area contributed by atoms with Crippen molar-refractivity contribution in [2.24, 2.45) is 4.99 Å². The highest BCUT2D eigenvalue weighted by molar-refractivity contribution is 9.10. The number of ketones is 1. The van der Waals surface area contributed by atoms with Crippen molar-refractivity contribution in [2.75, 3.05) is 5.32 Å². The SMILES string of the molecule is O=C1C(c2ccccc2)=C(Nc2ccc(N=Cc3cc([N+](=O)[O-])cc(Br)c3O)cc2)c2ccccc21. The second-order valence-electron chi connectivity index (χ2n) is 8.04. The molecule has 7 nitrogen and oxygen atoms in total. The third kappa shape index (κ3) is 4.42. The van der Waals surface area contributed by atoms with Crippen molar-refractivity contribution in [3.63, 3.8) is 0 Å². The Kier molecular flexibility index (Phi) is 6.18. The molecule has 176 valence electrons. The quantitative estimate of drug-likeness (QED) is 0.156. The molecule has 0 atom stereocenters. The lowest BCUT2D eigenvalue weighted by atomic mass is 10.0. The summed E-state index contributed by atoms with van der Waals surface area (Å²) < 4.78 is 0.214. The van der Waals surface area contributed by atoms with Crippen LogP contribution in [-0.2, 0) is 0 Å². The van der Waals surface area contributed by atoms with Gasteiger partial charge in [-0.1, -0.05) is 54.6 Å². The summed E-state index contributed by atoms with van der Waals surface area (Å²) in [6.45, 7) is 0. The van der Waals surface area contributed by atoms with Crippen molar-refractivity contribution < 1.29 is 14.8 Å². The highest BCUT2D eigenvalue weighted by atomic mass is 79.9. The maximum absolute atomic E-state index is 13.2. The number of carbonyl (C=O) groups excluding carboxylic acids is 1. The van der Waals surface area contributed by atoms with Crippen molar-refractivity contribution in [3.8, 4) is 5.75 Å². The van der Waals surface area contributed by atoms with E-state index in [9.17, 15) is 20.0 Å². The van der Waals surface area contributed by atoms with Gasteiger partial charge in [0, 0.05) is 40.7 Å². The summed E-state index contributed by atoms with van der Waals surface area (Å²) in [7, 11) is 0. The number of phenolic OH excluding ortho intramolecular Hbond substituents is 1. The largest absolute Gasteiger partial charge is 0.506 e. The van der Waals surface area contributed by atoms with Crippen molar-refractivity contribution in [1.29, 1.82) is 0 Å². The summed E-state index contributed by atoms with van der Waals surface area (Å²) in [4.78, 5) is 28.1. The number of hydrogen-bond donors (Lipinski definition) is 2. The zero-order valence-electron chi connectivity index (χ0n) is 18.7. The number of non-ortho nitro benzene ring substituents is 1. The van der Waals surface area contributed by atoms with E-state index in [2.05, 4.69) is 26.2 Å². The first kappa shape index (κ1) is 23.2. The fourth-order valence-electron chi connectivity index (χ4n) is 4.02. The van der Waals surface area contributed by atoms with E-state index in [1.54, 1.807) is 12.1 Å². The summed E-state index contributed by atoms with van der Waals surface area (Å²) in [6, 6.07) is 26.8. The van der Waals surface area contributed by atoms with Crippen molar-refractivity contribution >= 4 is 56.3 Å². The Morgan fingerprint density at radius 1 is 0.917 bits per heavy atom. The molecule has 1 aliphatic carbocycles. The smallest absolute Gasteiger partial charge is 0.271 e. The van der Waals surface area contributed by atoms with Crippen LogP contribution in [0, 0.1) is 10.1 Å². The number of aliphatic imine (C=N–C) groups is 1. The molecule has 0 spiro atoms. The minimum absolute atomic E-state index is 0.0246. The number of Topliss-reactive ketones (excluding diaryl/α,β-unsaturated/α-hetero) is 1. The summed E-state index contributed by atoms with van der Waals surface area (Å²) in [5.74, 6) is -0.156. The van der Waals surface area contributed by atoms with Crippen LogP contribution in [0.4, 0.5) is 17.1 Å². The van der Waals surface area contributed by atoms with Crippen LogP contribution in [0.1, 0.15) is 27.0 Å². The molecule has 0 saturated heterocycles. The van der Waals surface area contributed by atoms with Crippen LogP contribution in [0.15, 0.2) is 100 Å². The zero-order valence-corrected chi connectivity index (χ0v) is 20.3. The Balaban J connectivity index is 1.44. The predicted molar refractivity (Wildman–Crippen MR) is 144 cm³/mol. The van der Waals surface area contributed by atoms with E-state index in [-0.39, 0.29) is 27.3 Å². The number of nitro groups is 1. The molecule has 4 aromatic rings. The number of halogens is 1. The Bertz CT molecular complexity index is 1560. The molecule has 0 unspecified atom stereocenters. The maximum atomic E-state index is 13.2. The number of carbonyl (C=O) groups is 1. The maximum Gasteiger partial charge on any atom is 0.271 e. The van der Waals surface area contributed by atoms with E-state index in [1.807, 2.05) is 66.7 Å². The Labute approximate surface area is 214 Å². The molecule has 0 aliphatic heterocycles. The molecule has 36 heavy (non-hydrogen) atoms. The molecule has 0 radical (unpaired) electrons. The lowest BCUT2D eigenvalue weighted by molar-refractivity contribution is -0.385. The van der Waals surface area contributed by atoms with Crippen LogP contribution in [-0.4, -0.2) is 22.0 Å². The van der Waals surface area contributed by atoms with Gasteiger partial charge in [0.05, 0.1) is 26.4 Å². The molecule has 0 heterocycles. The van der Waals surface area contributed by atoms with E-state index in [1.165, 1.54) is 18.3 Å². The van der Waals surface area contributed by atoms with Gasteiger partial charge in [0.2, 0.25) is 0 Å². The van der Waals surface area contributed by atoms with E-state index < -0.39 is 4.92 Å². The number of nitrogens with one attached hydrogen (secondary N) is 1. The standard InChI is InChI=1S/C28H18BrN3O4/c29-24-15-21(32(35)36)14-18(27(24)33)16-30-19-10-12-20(13-11-19)31-26-22-8-4-5-9-23(22)28(34)25(26)17-6-2-1-3-7-17/h1-16,31,33H. The average Bonchev–Trinajstić information content (AvgIpc) is 3.17. The van der Waals surface area contributed by atoms with Gasteiger partial charge in [-0.25, -0.2) is 0 Å². The molecule has 4 aromatic carbocycles. The number of rotatable bonds is 6. The van der Waals surface area contributed by atoms with Gasteiger partial charge in [-0.15, -0.1) is 0 Å². The van der Waals surface area contributed by atoms with Gasteiger partial charge in [0.15, 0.2) is 5.78 Å². The van der Waals surface area contributed by atoms with Gasteiger partial charge < -0.3 is 10.4 Å². The number of benzene rings is 4. The topological polar surface area (TPSA) is 105 Å². The van der Waals surface area contributed by atoms with Crippen LogP contribution in [0.5, 0.6) is 5.75 Å². The first-order valence-corrected chi connectivity index (χ1v) is 11.7. The molecule has 0 amide bonds. The van der Waals surface area contributed by atoms with Crippen molar-refractivity contribution in [1.82, 2.24) is 0 Å². The van der Waals surface area contributed by atoms with Crippen LogP contribution in [0.25, 0.3) is 11.3 Å². The van der Waals surface area contributed by atoms with Gasteiger partial charge in [-0.05, 0) is 45.8 Å². The van der Waals surface area contributed by atoms with Crippen LogP contribution in [0.2, 0.25) is 0 Å². The molecular formula is C28H18BrN3O4. The number of nitrogens with zero attached hydrogens (tertiary/aromatic N) is 2. The Morgan fingerprint density at radius 3 is 2.28 bits per heavy atom. The first-order valence-electron chi connectivity index (χ1n) is 10.9. The van der Waals surface area contributed by atoms with Crippen molar-refractivity contribution in [2.45, 2.75) is 0 Å². The van der Waals surface area contributed by atoms with E-state index in [0.717, 1.165) is 22.5 Å². The number of phenols is 1. The molecule has 8 heteroatoms. The molecule has 0 bridgehead atoms. The summed E-state index contributed by atoms with van der Waals surface area (Å²) in [6.07, 6.45) is 1.37. The molecular weight excluding hydrogens is 522 g/mol. The number of fused-ring (bicyclic) bond motifs is 1.